The Balaban J connectivity index is 2.08. The summed E-state index contributed by atoms with van der Waals surface area (Å²) in [5.74, 6) is 0. The molecule has 3 nitrogen and oxygen atoms in total. The van der Waals surface area contributed by atoms with Gasteiger partial charge < -0.3 is 5.73 Å². The first-order valence-corrected chi connectivity index (χ1v) is 7.11. The van der Waals surface area contributed by atoms with Crippen molar-refractivity contribution in [2.45, 2.75) is 6.92 Å². The lowest BCUT2D eigenvalue weighted by Crippen LogP contribution is -1.94. The third-order valence-electron chi connectivity index (χ3n) is 3.17. The summed E-state index contributed by atoms with van der Waals surface area (Å²) >= 11 is 3.54. The van der Waals surface area contributed by atoms with Crippen LogP contribution in [0.5, 0.6) is 0 Å². The van der Waals surface area contributed by atoms with E-state index in [1.54, 1.807) is 0 Å². The molecule has 0 spiro atoms. The van der Waals surface area contributed by atoms with E-state index in [2.05, 4.69) is 40.1 Å². The highest BCUT2D eigenvalue weighted by Gasteiger charge is 2.11. The summed E-state index contributed by atoms with van der Waals surface area (Å²) in [7, 11) is 0. The van der Waals surface area contributed by atoms with Gasteiger partial charge in [0.25, 0.3) is 0 Å². The Hall–Kier alpha value is -2.07. The summed E-state index contributed by atoms with van der Waals surface area (Å²) in [4.78, 5) is 0. The van der Waals surface area contributed by atoms with Gasteiger partial charge >= 0.3 is 0 Å². The highest BCUT2D eigenvalue weighted by Crippen LogP contribution is 2.31. The molecule has 0 aliphatic heterocycles. The van der Waals surface area contributed by atoms with Gasteiger partial charge in [0.1, 0.15) is 5.69 Å². The van der Waals surface area contributed by atoms with Gasteiger partial charge in [-0.05, 0) is 25.1 Å². The summed E-state index contributed by atoms with van der Waals surface area (Å²) in [6.07, 6.45) is 1.85. The molecule has 3 aromatic rings. The van der Waals surface area contributed by atoms with Crippen molar-refractivity contribution >= 4 is 21.6 Å². The zero-order valence-corrected chi connectivity index (χ0v) is 12.6. The molecule has 0 atom stereocenters. The van der Waals surface area contributed by atoms with Crippen LogP contribution in [-0.2, 0) is 0 Å². The Labute approximate surface area is 126 Å². The molecular formula is C16H14BrN3. The number of hydrogen-bond donors (Lipinski definition) is 1. The Morgan fingerprint density at radius 3 is 2.45 bits per heavy atom. The van der Waals surface area contributed by atoms with Crippen molar-refractivity contribution in [2.75, 3.05) is 5.73 Å². The minimum absolute atomic E-state index is 0.664. The van der Waals surface area contributed by atoms with Crippen LogP contribution < -0.4 is 5.73 Å². The molecule has 0 unspecified atom stereocenters. The van der Waals surface area contributed by atoms with Crippen LogP contribution in [0.1, 0.15) is 5.56 Å². The van der Waals surface area contributed by atoms with Gasteiger partial charge in [-0.3, -0.25) is 0 Å². The highest BCUT2D eigenvalue weighted by molar-refractivity contribution is 9.10. The van der Waals surface area contributed by atoms with Gasteiger partial charge in [-0.2, -0.15) is 5.10 Å². The largest absolute Gasteiger partial charge is 0.396 e. The second kappa shape index (κ2) is 5.13. The SMILES string of the molecule is Cc1ccc(-n2cc(N)c(-c3ccccc3Br)n2)cc1. The molecule has 0 amide bonds. The predicted molar refractivity (Wildman–Crippen MR) is 85.8 cm³/mol. The molecule has 1 heterocycles. The molecule has 4 heteroatoms. The summed E-state index contributed by atoms with van der Waals surface area (Å²) < 4.78 is 2.80. The molecule has 0 bridgehead atoms. The topological polar surface area (TPSA) is 43.8 Å². The molecular weight excluding hydrogens is 314 g/mol. The van der Waals surface area contributed by atoms with Gasteiger partial charge in [0, 0.05) is 10.0 Å². The van der Waals surface area contributed by atoms with E-state index in [0.29, 0.717) is 5.69 Å². The van der Waals surface area contributed by atoms with E-state index in [9.17, 15) is 0 Å². The van der Waals surface area contributed by atoms with Gasteiger partial charge in [0.2, 0.25) is 0 Å². The van der Waals surface area contributed by atoms with Crippen LogP contribution in [0.25, 0.3) is 16.9 Å². The minimum Gasteiger partial charge on any atom is -0.396 e. The molecule has 2 aromatic carbocycles. The van der Waals surface area contributed by atoms with Crippen molar-refractivity contribution in [3.05, 3.63) is 64.8 Å². The number of nitrogens with zero attached hydrogens (tertiary/aromatic N) is 2. The van der Waals surface area contributed by atoms with Crippen LogP contribution in [-0.4, -0.2) is 9.78 Å². The molecule has 0 saturated heterocycles. The zero-order chi connectivity index (χ0) is 14.1. The average molecular weight is 328 g/mol. The predicted octanol–water partition coefficient (Wildman–Crippen LogP) is 4.19. The van der Waals surface area contributed by atoms with E-state index < -0.39 is 0 Å². The third kappa shape index (κ3) is 2.34. The lowest BCUT2D eigenvalue weighted by atomic mass is 10.1. The number of hydrogen-bond acceptors (Lipinski definition) is 2. The molecule has 1 aromatic heterocycles. The maximum atomic E-state index is 6.11. The van der Waals surface area contributed by atoms with Crippen LogP contribution in [0.3, 0.4) is 0 Å². The molecule has 100 valence electrons. The van der Waals surface area contributed by atoms with E-state index >= 15 is 0 Å². The van der Waals surface area contributed by atoms with Gasteiger partial charge in [-0.25, -0.2) is 4.68 Å². The van der Waals surface area contributed by atoms with Crippen molar-refractivity contribution < 1.29 is 0 Å². The van der Waals surface area contributed by atoms with E-state index in [4.69, 9.17) is 5.73 Å². The standard InChI is InChI=1S/C16H14BrN3/c1-11-6-8-12(9-7-11)20-10-15(18)16(19-20)13-4-2-3-5-14(13)17/h2-10H,18H2,1H3. The summed E-state index contributed by atoms with van der Waals surface area (Å²) in [6, 6.07) is 16.1. The van der Waals surface area contributed by atoms with Crippen LogP contribution in [0.15, 0.2) is 59.2 Å². The Morgan fingerprint density at radius 1 is 1.05 bits per heavy atom. The number of rotatable bonds is 2. The number of anilines is 1. The first-order valence-electron chi connectivity index (χ1n) is 6.32. The van der Waals surface area contributed by atoms with Gasteiger partial charge in [-0.15, -0.1) is 0 Å². The second-order valence-corrected chi connectivity index (χ2v) is 5.55. The maximum absolute atomic E-state index is 6.11. The summed E-state index contributed by atoms with van der Waals surface area (Å²) in [5.41, 5.74) is 10.8. The fourth-order valence-corrected chi connectivity index (χ4v) is 2.55. The smallest absolute Gasteiger partial charge is 0.117 e. The number of nitrogen functional groups attached to an aromatic ring is 1. The molecule has 3 rings (SSSR count). The van der Waals surface area contributed by atoms with Crippen LogP contribution >= 0.6 is 15.9 Å². The van der Waals surface area contributed by atoms with Crippen molar-refractivity contribution in [3.63, 3.8) is 0 Å². The van der Waals surface area contributed by atoms with Crippen molar-refractivity contribution in [1.29, 1.82) is 0 Å². The number of nitrogens with two attached hydrogens (primary N) is 1. The molecule has 0 radical (unpaired) electrons. The van der Waals surface area contributed by atoms with Gasteiger partial charge in [0.05, 0.1) is 17.6 Å². The Morgan fingerprint density at radius 2 is 1.75 bits per heavy atom. The first-order chi connectivity index (χ1) is 9.65. The molecule has 0 saturated carbocycles. The van der Waals surface area contributed by atoms with Crippen molar-refractivity contribution in [1.82, 2.24) is 9.78 Å². The Kier molecular flexibility index (Phi) is 3.32. The molecule has 0 fully saturated rings. The first kappa shape index (κ1) is 12.9. The lowest BCUT2D eigenvalue weighted by Gasteiger charge is -2.02. The third-order valence-corrected chi connectivity index (χ3v) is 3.86. The minimum atomic E-state index is 0.664. The van der Waals surface area contributed by atoms with Crippen molar-refractivity contribution in [2.24, 2.45) is 0 Å². The van der Waals surface area contributed by atoms with Crippen LogP contribution in [0, 0.1) is 6.92 Å². The summed E-state index contributed by atoms with van der Waals surface area (Å²) in [5, 5.41) is 4.60. The number of aryl methyl sites for hydroxylation is 1. The van der Waals surface area contributed by atoms with Gasteiger partial charge in [-0.1, -0.05) is 51.8 Å². The van der Waals surface area contributed by atoms with Crippen LogP contribution in [0.4, 0.5) is 5.69 Å². The van der Waals surface area contributed by atoms with Crippen molar-refractivity contribution in [3.8, 4) is 16.9 Å². The number of halogens is 1. The number of benzene rings is 2. The monoisotopic (exact) mass is 327 g/mol. The number of aromatic nitrogens is 2. The molecule has 0 aliphatic rings. The van der Waals surface area contributed by atoms with Gasteiger partial charge in [0.15, 0.2) is 0 Å². The normalized spacial score (nSPS) is 10.7. The molecule has 0 aliphatic carbocycles. The maximum Gasteiger partial charge on any atom is 0.117 e. The fraction of sp³-hybridized carbons (Fsp3) is 0.0625. The van der Waals surface area contributed by atoms with E-state index in [0.717, 1.165) is 21.4 Å². The zero-order valence-electron chi connectivity index (χ0n) is 11.0. The second-order valence-electron chi connectivity index (χ2n) is 4.69. The van der Waals surface area contributed by atoms with Crippen LogP contribution in [0.2, 0.25) is 0 Å². The molecule has 2 N–H and O–H groups in total. The lowest BCUT2D eigenvalue weighted by molar-refractivity contribution is 0.883. The van der Waals surface area contributed by atoms with E-state index in [-0.39, 0.29) is 0 Å². The van der Waals surface area contributed by atoms with E-state index in [1.807, 2.05) is 47.3 Å². The average Bonchev–Trinajstić information content (AvgIpc) is 2.82. The highest BCUT2D eigenvalue weighted by atomic mass is 79.9. The van der Waals surface area contributed by atoms with E-state index in [1.165, 1.54) is 5.56 Å². The molecule has 20 heavy (non-hydrogen) atoms. The Bertz CT molecular complexity index is 745. The quantitative estimate of drug-likeness (QED) is 0.766. The fourth-order valence-electron chi connectivity index (χ4n) is 2.08. The summed E-state index contributed by atoms with van der Waals surface area (Å²) in [6.45, 7) is 2.06.